The summed E-state index contributed by atoms with van der Waals surface area (Å²) in [5, 5.41) is 2.70. The summed E-state index contributed by atoms with van der Waals surface area (Å²) in [7, 11) is 0. The first-order chi connectivity index (χ1) is 8.07. The Morgan fingerprint density at radius 1 is 1.11 bits per heavy atom. The first-order valence-electron chi connectivity index (χ1n) is 5.25. The summed E-state index contributed by atoms with van der Waals surface area (Å²) in [6.07, 6.45) is -4.73. The third-order valence-corrected chi connectivity index (χ3v) is 1.84. The topological polar surface area (TPSA) is 38.3 Å². The number of carbonyl (C=O) groups excluding carboxylic acids is 1. The Labute approximate surface area is 103 Å². The molecule has 0 bridgehead atoms. The van der Waals surface area contributed by atoms with Crippen LogP contribution in [0.3, 0.4) is 0 Å². The summed E-state index contributed by atoms with van der Waals surface area (Å²) < 4.78 is 39.5. The average Bonchev–Trinajstić information content (AvgIpc) is 2.13. The number of benzene rings is 1. The Bertz CT molecular complexity index is 418. The van der Waals surface area contributed by atoms with E-state index in [1.807, 2.05) is 20.8 Å². The summed E-state index contributed by atoms with van der Waals surface area (Å²) in [4.78, 5) is 11.7. The summed E-state index contributed by atoms with van der Waals surface area (Å²) >= 11 is 0. The van der Waals surface area contributed by atoms with E-state index < -0.39 is 11.9 Å². The number of amides is 1. The molecule has 100 valence electrons. The monoisotopic (exact) mass is 261 g/mol. The van der Waals surface area contributed by atoms with Crippen molar-refractivity contribution in [2.45, 2.75) is 32.7 Å². The lowest BCUT2D eigenvalue weighted by Gasteiger charge is -2.20. The van der Waals surface area contributed by atoms with Gasteiger partial charge in [-0.2, -0.15) is 0 Å². The van der Waals surface area contributed by atoms with Gasteiger partial charge in [-0.05, 0) is 45.0 Å². The molecule has 0 aromatic heterocycles. The molecule has 0 atom stereocenters. The lowest BCUT2D eigenvalue weighted by molar-refractivity contribution is -0.274. The van der Waals surface area contributed by atoms with Crippen LogP contribution in [0.1, 0.15) is 31.1 Å². The van der Waals surface area contributed by atoms with Gasteiger partial charge in [-0.3, -0.25) is 4.79 Å². The van der Waals surface area contributed by atoms with E-state index in [2.05, 4.69) is 10.1 Å². The molecule has 0 saturated carbocycles. The van der Waals surface area contributed by atoms with Crippen LogP contribution in [0.5, 0.6) is 5.75 Å². The SMILES string of the molecule is CC(C)(C)NC(=O)c1ccc(OC(F)(F)F)cc1. The van der Waals surface area contributed by atoms with E-state index in [0.717, 1.165) is 12.1 Å². The molecule has 6 heteroatoms. The van der Waals surface area contributed by atoms with Gasteiger partial charge in [-0.1, -0.05) is 0 Å². The van der Waals surface area contributed by atoms with Crippen molar-refractivity contribution in [1.82, 2.24) is 5.32 Å². The fraction of sp³-hybridized carbons (Fsp3) is 0.417. The van der Waals surface area contributed by atoms with Gasteiger partial charge in [0.25, 0.3) is 5.91 Å². The number of hydrogen-bond acceptors (Lipinski definition) is 2. The van der Waals surface area contributed by atoms with Gasteiger partial charge in [0, 0.05) is 11.1 Å². The van der Waals surface area contributed by atoms with Crippen LogP contribution in [0.25, 0.3) is 0 Å². The average molecular weight is 261 g/mol. The Balaban J connectivity index is 2.74. The summed E-state index contributed by atoms with van der Waals surface area (Å²) in [5.74, 6) is -0.698. The van der Waals surface area contributed by atoms with Crippen molar-refractivity contribution in [3.8, 4) is 5.75 Å². The molecule has 0 saturated heterocycles. The maximum Gasteiger partial charge on any atom is 0.573 e. The molecule has 0 fully saturated rings. The van der Waals surface area contributed by atoms with E-state index in [1.54, 1.807) is 0 Å². The number of carbonyl (C=O) groups is 1. The minimum atomic E-state index is -4.73. The Morgan fingerprint density at radius 3 is 2.00 bits per heavy atom. The maximum atomic E-state index is 11.9. The molecule has 0 heterocycles. The second-order valence-corrected chi connectivity index (χ2v) is 4.78. The molecule has 18 heavy (non-hydrogen) atoms. The zero-order valence-electron chi connectivity index (χ0n) is 10.3. The first kappa shape index (κ1) is 14.3. The minimum Gasteiger partial charge on any atom is -0.406 e. The molecule has 1 N–H and O–H groups in total. The third-order valence-electron chi connectivity index (χ3n) is 1.84. The molecule has 1 rings (SSSR count). The molecule has 0 unspecified atom stereocenters. The van der Waals surface area contributed by atoms with Crippen LogP contribution in [-0.4, -0.2) is 17.8 Å². The van der Waals surface area contributed by atoms with Crippen LogP contribution in [-0.2, 0) is 0 Å². The molecule has 1 aromatic carbocycles. The highest BCUT2D eigenvalue weighted by Gasteiger charge is 2.31. The van der Waals surface area contributed by atoms with Crippen LogP contribution < -0.4 is 10.1 Å². The Hall–Kier alpha value is -1.72. The van der Waals surface area contributed by atoms with E-state index in [1.165, 1.54) is 12.1 Å². The van der Waals surface area contributed by atoms with Crippen molar-refractivity contribution in [1.29, 1.82) is 0 Å². The van der Waals surface area contributed by atoms with Crippen molar-refractivity contribution in [3.05, 3.63) is 29.8 Å². The molecular weight excluding hydrogens is 247 g/mol. The molecule has 0 aliphatic carbocycles. The maximum absolute atomic E-state index is 11.9. The van der Waals surface area contributed by atoms with Gasteiger partial charge in [-0.25, -0.2) is 0 Å². The van der Waals surface area contributed by atoms with Crippen LogP contribution >= 0.6 is 0 Å². The fourth-order valence-corrected chi connectivity index (χ4v) is 1.22. The second-order valence-electron chi connectivity index (χ2n) is 4.78. The number of hydrogen-bond donors (Lipinski definition) is 1. The quantitative estimate of drug-likeness (QED) is 0.888. The first-order valence-corrected chi connectivity index (χ1v) is 5.25. The van der Waals surface area contributed by atoms with E-state index in [9.17, 15) is 18.0 Å². The zero-order chi connectivity index (χ0) is 14.0. The zero-order valence-corrected chi connectivity index (χ0v) is 10.3. The largest absolute Gasteiger partial charge is 0.573 e. The molecular formula is C12H14F3NO2. The van der Waals surface area contributed by atoms with Gasteiger partial charge in [-0.15, -0.1) is 13.2 Å². The van der Waals surface area contributed by atoms with Crippen LogP contribution in [0.4, 0.5) is 13.2 Å². The lowest BCUT2D eigenvalue weighted by Crippen LogP contribution is -2.40. The number of halogens is 3. The van der Waals surface area contributed by atoms with Crippen LogP contribution in [0.2, 0.25) is 0 Å². The highest BCUT2D eigenvalue weighted by Crippen LogP contribution is 2.22. The highest BCUT2D eigenvalue weighted by atomic mass is 19.4. The van der Waals surface area contributed by atoms with E-state index >= 15 is 0 Å². The van der Waals surface area contributed by atoms with Gasteiger partial charge >= 0.3 is 6.36 Å². The summed E-state index contributed by atoms with van der Waals surface area (Å²) in [6.45, 7) is 5.43. The fourth-order valence-electron chi connectivity index (χ4n) is 1.22. The van der Waals surface area contributed by atoms with Crippen molar-refractivity contribution in [2.75, 3.05) is 0 Å². The predicted octanol–water partition coefficient (Wildman–Crippen LogP) is 3.11. The summed E-state index contributed by atoms with van der Waals surface area (Å²) in [5.41, 5.74) is -0.127. The van der Waals surface area contributed by atoms with Crippen molar-refractivity contribution in [2.24, 2.45) is 0 Å². The van der Waals surface area contributed by atoms with Gasteiger partial charge in [0.1, 0.15) is 5.75 Å². The molecule has 0 aliphatic rings. The van der Waals surface area contributed by atoms with Crippen molar-refractivity contribution < 1.29 is 22.7 Å². The van der Waals surface area contributed by atoms with Crippen molar-refractivity contribution >= 4 is 5.91 Å². The van der Waals surface area contributed by atoms with Gasteiger partial charge in [0.2, 0.25) is 0 Å². The van der Waals surface area contributed by atoms with E-state index in [-0.39, 0.29) is 17.2 Å². The molecule has 1 aromatic rings. The lowest BCUT2D eigenvalue weighted by atomic mass is 10.1. The standard InChI is InChI=1S/C12H14F3NO2/c1-11(2,3)16-10(17)8-4-6-9(7-5-8)18-12(13,14)15/h4-7H,1-3H3,(H,16,17). The number of nitrogens with one attached hydrogen (secondary N) is 1. The minimum absolute atomic E-state index is 0.277. The smallest absolute Gasteiger partial charge is 0.406 e. The van der Waals surface area contributed by atoms with Gasteiger partial charge < -0.3 is 10.1 Å². The number of alkyl halides is 3. The number of ether oxygens (including phenoxy) is 1. The summed E-state index contributed by atoms with van der Waals surface area (Å²) in [6, 6.07) is 4.76. The van der Waals surface area contributed by atoms with Gasteiger partial charge in [0.05, 0.1) is 0 Å². The van der Waals surface area contributed by atoms with E-state index in [0.29, 0.717) is 0 Å². The van der Waals surface area contributed by atoms with Crippen LogP contribution in [0, 0.1) is 0 Å². The normalized spacial score (nSPS) is 12.1. The van der Waals surface area contributed by atoms with Crippen LogP contribution in [0.15, 0.2) is 24.3 Å². The molecule has 3 nitrogen and oxygen atoms in total. The predicted molar refractivity (Wildman–Crippen MR) is 60.3 cm³/mol. The Kier molecular flexibility index (Phi) is 3.88. The second kappa shape index (κ2) is 4.88. The molecule has 0 spiro atoms. The molecule has 0 aliphatic heterocycles. The molecule has 0 radical (unpaired) electrons. The van der Waals surface area contributed by atoms with Gasteiger partial charge in [0.15, 0.2) is 0 Å². The molecule has 1 amide bonds. The van der Waals surface area contributed by atoms with E-state index in [4.69, 9.17) is 0 Å². The Morgan fingerprint density at radius 2 is 1.61 bits per heavy atom. The third kappa shape index (κ3) is 5.07. The van der Waals surface area contributed by atoms with Crippen molar-refractivity contribution in [3.63, 3.8) is 0 Å². The highest BCUT2D eigenvalue weighted by molar-refractivity contribution is 5.94. The number of rotatable bonds is 2.